The number of carboxylic acids is 1. The average Bonchev–Trinajstić information content (AvgIpc) is 2.82. The number of hydrogen-bond acceptors (Lipinski definition) is 3. The van der Waals surface area contributed by atoms with Crippen molar-refractivity contribution in [2.45, 2.75) is 6.42 Å². The predicted molar refractivity (Wildman–Crippen MR) is 69.8 cm³/mol. The zero-order valence-corrected chi connectivity index (χ0v) is 10.0. The first-order valence-corrected chi connectivity index (χ1v) is 5.82. The van der Waals surface area contributed by atoms with Crippen LogP contribution in [0.4, 0.5) is 0 Å². The van der Waals surface area contributed by atoms with Crippen LogP contribution in [0.3, 0.4) is 0 Å². The van der Waals surface area contributed by atoms with Crippen LogP contribution >= 0.6 is 0 Å². The highest BCUT2D eigenvalue weighted by Gasteiger charge is 2.11. The van der Waals surface area contributed by atoms with Gasteiger partial charge in [0.2, 0.25) is 0 Å². The van der Waals surface area contributed by atoms with Crippen molar-refractivity contribution < 1.29 is 9.90 Å². The molecule has 0 saturated carbocycles. The van der Waals surface area contributed by atoms with E-state index in [0.717, 1.165) is 16.8 Å². The number of carbonyl (C=O) groups is 1. The maximum atomic E-state index is 10.9. The van der Waals surface area contributed by atoms with E-state index in [1.165, 1.54) is 0 Å². The third-order valence-electron chi connectivity index (χ3n) is 2.98. The third-order valence-corrected chi connectivity index (χ3v) is 2.98. The van der Waals surface area contributed by atoms with Gasteiger partial charge in [-0.25, -0.2) is 0 Å². The molecular formula is C14H11N3O2. The van der Waals surface area contributed by atoms with Gasteiger partial charge in [0, 0.05) is 30.4 Å². The summed E-state index contributed by atoms with van der Waals surface area (Å²) in [5.41, 5.74) is 3.49. The van der Waals surface area contributed by atoms with E-state index in [1.807, 2.05) is 28.8 Å². The Morgan fingerprint density at radius 3 is 2.84 bits per heavy atom. The minimum Gasteiger partial charge on any atom is -0.481 e. The van der Waals surface area contributed by atoms with Crippen molar-refractivity contribution >= 4 is 11.5 Å². The van der Waals surface area contributed by atoms with E-state index in [4.69, 9.17) is 5.11 Å². The van der Waals surface area contributed by atoms with Crippen molar-refractivity contribution in [2.24, 2.45) is 0 Å². The van der Waals surface area contributed by atoms with E-state index in [1.54, 1.807) is 24.8 Å². The molecule has 19 heavy (non-hydrogen) atoms. The summed E-state index contributed by atoms with van der Waals surface area (Å²) in [5, 5.41) is 8.96. The Labute approximate surface area is 109 Å². The predicted octanol–water partition coefficient (Wildman–Crippen LogP) is 2.02. The highest BCUT2D eigenvalue weighted by molar-refractivity contribution is 5.76. The highest BCUT2D eigenvalue weighted by atomic mass is 16.4. The Kier molecular flexibility index (Phi) is 2.72. The molecule has 5 nitrogen and oxygen atoms in total. The summed E-state index contributed by atoms with van der Waals surface area (Å²) in [5.74, 6) is -0.864. The molecule has 0 spiro atoms. The molecule has 0 aromatic carbocycles. The maximum absolute atomic E-state index is 10.9. The lowest BCUT2D eigenvalue weighted by Crippen LogP contribution is -2.03. The molecule has 0 amide bonds. The second kappa shape index (κ2) is 4.53. The average molecular weight is 253 g/mol. The van der Waals surface area contributed by atoms with Gasteiger partial charge in [0.1, 0.15) is 0 Å². The first-order chi connectivity index (χ1) is 9.25. The largest absolute Gasteiger partial charge is 0.481 e. The normalized spacial score (nSPS) is 10.7. The van der Waals surface area contributed by atoms with Crippen molar-refractivity contribution in [3.63, 3.8) is 0 Å². The van der Waals surface area contributed by atoms with Crippen LogP contribution in [0.1, 0.15) is 5.56 Å². The number of rotatable bonds is 3. The maximum Gasteiger partial charge on any atom is 0.307 e. The molecule has 0 fully saturated rings. The standard InChI is InChI=1S/C14H11N3O2/c18-14(19)7-10-8-15-4-3-12(10)13-2-1-11-9-16-5-6-17(11)13/h1-6,8-9H,7H2,(H,18,19). The Hall–Kier alpha value is -2.69. The molecular weight excluding hydrogens is 242 g/mol. The number of aromatic nitrogens is 3. The second-order valence-electron chi connectivity index (χ2n) is 4.19. The van der Waals surface area contributed by atoms with E-state index >= 15 is 0 Å². The third kappa shape index (κ3) is 2.06. The van der Waals surface area contributed by atoms with Gasteiger partial charge in [0.15, 0.2) is 0 Å². The van der Waals surface area contributed by atoms with Gasteiger partial charge < -0.3 is 9.51 Å². The summed E-state index contributed by atoms with van der Waals surface area (Å²) >= 11 is 0. The number of aliphatic carboxylic acids is 1. The molecule has 3 rings (SSSR count). The van der Waals surface area contributed by atoms with Gasteiger partial charge >= 0.3 is 5.97 Å². The number of nitrogens with zero attached hydrogens (tertiary/aromatic N) is 3. The monoisotopic (exact) mass is 253 g/mol. The van der Waals surface area contributed by atoms with Crippen LogP contribution in [0, 0.1) is 0 Å². The van der Waals surface area contributed by atoms with Crippen LogP contribution in [0.25, 0.3) is 16.8 Å². The lowest BCUT2D eigenvalue weighted by atomic mass is 10.0. The fourth-order valence-corrected chi connectivity index (χ4v) is 2.16. The highest BCUT2D eigenvalue weighted by Crippen LogP contribution is 2.25. The number of pyridine rings is 1. The molecule has 0 aliphatic rings. The molecule has 0 aliphatic heterocycles. The van der Waals surface area contributed by atoms with E-state index in [2.05, 4.69) is 9.97 Å². The molecule has 0 bridgehead atoms. The Morgan fingerprint density at radius 2 is 2.00 bits per heavy atom. The first-order valence-electron chi connectivity index (χ1n) is 5.82. The molecule has 3 heterocycles. The van der Waals surface area contributed by atoms with Gasteiger partial charge in [0.05, 0.1) is 23.8 Å². The summed E-state index contributed by atoms with van der Waals surface area (Å²) in [6.07, 6.45) is 8.55. The van der Waals surface area contributed by atoms with Crippen LogP contribution in [-0.4, -0.2) is 25.4 Å². The molecule has 3 aromatic rings. The quantitative estimate of drug-likeness (QED) is 0.775. The van der Waals surface area contributed by atoms with Crippen LogP contribution in [0.5, 0.6) is 0 Å². The molecule has 0 radical (unpaired) electrons. The summed E-state index contributed by atoms with van der Waals surface area (Å²) in [4.78, 5) is 19.0. The minimum absolute atomic E-state index is 0.0402. The van der Waals surface area contributed by atoms with Crippen molar-refractivity contribution in [3.8, 4) is 11.3 Å². The van der Waals surface area contributed by atoms with Crippen molar-refractivity contribution in [3.05, 3.63) is 54.7 Å². The Balaban J connectivity index is 2.19. The minimum atomic E-state index is -0.864. The fraction of sp³-hybridized carbons (Fsp3) is 0.0714. The lowest BCUT2D eigenvalue weighted by Gasteiger charge is -2.07. The van der Waals surface area contributed by atoms with E-state index in [-0.39, 0.29) is 6.42 Å². The lowest BCUT2D eigenvalue weighted by molar-refractivity contribution is -0.136. The van der Waals surface area contributed by atoms with E-state index < -0.39 is 5.97 Å². The first kappa shape index (κ1) is 11.4. The van der Waals surface area contributed by atoms with Crippen LogP contribution in [0.2, 0.25) is 0 Å². The molecule has 94 valence electrons. The summed E-state index contributed by atoms with van der Waals surface area (Å²) in [6.45, 7) is 0. The molecule has 0 saturated heterocycles. The van der Waals surface area contributed by atoms with Crippen LogP contribution in [-0.2, 0) is 11.2 Å². The summed E-state index contributed by atoms with van der Waals surface area (Å²) in [7, 11) is 0. The zero-order chi connectivity index (χ0) is 13.2. The number of carboxylic acid groups (broad SMARTS) is 1. The number of hydrogen-bond donors (Lipinski definition) is 1. The van der Waals surface area contributed by atoms with Crippen molar-refractivity contribution in [2.75, 3.05) is 0 Å². The van der Waals surface area contributed by atoms with Crippen LogP contribution < -0.4 is 0 Å². The van der Waals surface area contributed by atoms with Gasteiger partial charge in [-0.15, -0.1) is 0 Å². The SMILES string of the molecule is O=C(O)Cc1cnccc1-c1ccc2cnccn12. The van der Waals surface area contributed by atoms with Crippen molar-refractivity contribution in [1.29, 1.82) is 0 Å². The fourth-order valence-electron chi connectivity index (χ4n) is 2.16. The van der Waals surface area contributed by atoms with Gasteiger partial charge in [0.25, 0.3) is 0 Å². The Bertz CT molecular complexity index is 749. The smallest absolute Gasteiger partial charge is 0.307 e. The topological polar surface area (TPSA) is 67.5 Å². The van der Waals surface area contributed by atoms with E-state index in [0.29, 0.717) is 5.56 Å². The summed E-state index contributed by atoms with van der Waals surface area (Å²) < 4.78 is 1.98. The molecule has 0 unspecified atom stereocenters. The molecule has 1 N–H and O–H groups in total. The van der Waals surface area contributed by atoms with Gasteiger partial charge in [-0.2, -0.15) is 0 Å². The molecule has 3 aromatic heterocycles. The van der Waals surface area contributed by atoms with E-state index in [9.17, 15) is 4.79 Å². The van der Waals surface area contributed by atoms with Crippen LogP contribution in [0.15, 0.2) is 49.2 Å². The molecule has 5 heteroatoms. The Morgan fingerprint density at radius 1 is 1.16 bits per heavy atom. The zero-order valence-electron chi connectivity index (χ0n) is 10.0. The van der Waals surface area contributed by atoms with Gasteiger partial charge in [-0.1, -0.05) is 0 Å². The molecule has 0 atom stereocenters. The summed E-state index contributed by atoms with van der Waals surface area (Å²) in [6, 6.07) is 5.74. The van der Waals surface area contributed by atoms with Crippen molar-refractivity contribution in [1.82, 2.24) is 14.4 Å². The molecule has 0 aliphatic carbocycles. The second-order valence-corrected chi connectivity index (χ2v) is 4.19. The van der Waals surface area contributed by atoms with Gasteiger partial charge in [-0.05, 0) is 23.8 Å². The van der Waals surface area contributed by atoms with Gasteiger partial charge in [-0.3, -0.25) is 14.8 Å². The number of fused-ring (bicyclic) bond motifs is 1.